The molecular weight excluding hydrogens is 368 g/mol. The van der Waals surface area contributed by atoms with Crippen LogP contribution >= 0.6 is 0 Å². The van der Waals surface area contributed by atoms with Gasteiger partial charge in [-0.2, -0.15) is 0 Å². The Morgan fingerprint density at radius 2 is 2.03 bits per heavy atom. The molecule has 1 aromatic heterocycles. The summed E-state index contributed by atoms with van der Waals surface area (Å²) in [5, 5.41) is 13.4. The molecule has 0 bridgehead atoms. The van der Waals surface area contributed by atoms with E-state index in [4.69, 9.17) is 9.15 Å². The summed E-state index contributed by atoms with van der Waals surface area (Å²) in [5.41, 5.74) is 2.92. The number of nitrogens with zero attached hydrogens (tertiary/aromatic N) is 1. The Hall–Kier alpha value is -3.12. The van der Waals surface area contributed by atoms with E-state index in [0.717, 1.165) is 25.9 Å². The smallest absolute Gasteiger partial charge is 0.256 e. The Kier molecular flexibility index (Phi) is 5.62. The quantitative estimate of drug-likeness (QED) is 0.691. The van der Waals surface area contributed by atoms with E-state index in [9.17, 15) is 9.90 Å². The van der Waals surface area contributed by atoms with E-state index in [-0.39, 0.29) is 23.3 Å². The third-order valence-corrected chi connectivity index (χ3v) is 5.07. The fourth-order valence-corrected chi connectivity index (χ4v) is 3.38. The number of hydrogen-bond donors (Lipinski definition) is 2. The molecule has 4 rings (SSSR count). The molecule has 1 amide bonds. The van der Waals surface area contributed by atoms with Gasteiger partial charge in [0.15, 0.2) is 0 Å². The number of amides is 1. The summed E-state index contributed by atoms with van der Waals surface area (Å²) < 4.78 is 11.5. The average Bonchev–Trinajstić information content (AvgIpc) is 3.26. The maximum Gasteiger partial charge on any atom is 0.256 e. The number of aromatic hydroxyl groups is 1. The second kappa shape index (κ2) is 8.49. The molecule has 2 N–H and O–H groups in total. The molecule has 6 nitrogen and oxygen atoms in total. The van der Waals surface area contributed by atoms with Crippen molar-refractivity contribution < 1.29 is 19.1 Å². The zero-order valence-electron chi connectivity index (χ0n) is 16.4. The van der Waals surface area contributed by atoms with Gasteiger partial charge in [-0.05, 0) is 55.2 Å². The van der Waals surface area contributed by atoms with Crippen molar-refractivity contribution in [3.8, 4) is 5.75 Å². The summed E-state index contributed by atoms with van der Waals surface area (Å²) in [5.74, 6) is -0.168. The van der Waals surface area contributed by atoms with Crippen LogP contribution in [0.4, 0.5) is 5.69 Å². The van der Waals surface area contributed by atoms with E-state index in [1.807, 2.05) is 24.3 Å². The van der Waals surface area contributed by atoms with Crippen LogP contribution in [0.3, 0.4) is 0 Å². The zero-order valence-corrected chi connectivity index (χ0v) is 16.4. The molecule has 0 unspecified atom stereocenters. The van der Waals surface area contributed by atoms with Crippen LogP contribution in [0.1, 0.15) is 35.7 Å². The van der Waals surface area contributed by atoms with Gasteiger partial charge < -0.3 is 19.6 Å². The lowest BCUT2D eigenvalue weighted by atomic mass is 10.1. The predicted molar refractivity (Wildman–Crippen MR) is 110 cm³/mol. The van der Waals surface area contributed by atoms with Crippen LogP contribution in [-0.4, -0.2) is 30.3 Å². The Labute approximate surface area is 168 Å². The molecule has 1 aliphatic rings. The predicted octanol–water partition coefficient (Wildman–Crippen LogP) is 3.84. The highest BCUT2D eigenvalue weighted by Gasteiger charge is 2.18. The molecule has 1 aliphatic heterocycles. The number of carbonyl (C=O) groups excluding carboxylic acids is 1. The van der Waals surface area contributed by atoms with E-state index >= 15 is 0 Å². The first-order chi connectivity index (χ1) is 14.1. The van der Waals surface area contributed by atoms with Crippen LogP contribution in [0.5, 0.6) is 5.75 Å². The second-order valence-corrected chi connectivity index (χ2v) is 7.16. The second-order valence-electron chi connectivity index (χ2n) is 7.16. The Morgan fingerprint density at radius 1 is 1.21 bits per heavy atom. The lowest BCUT2D eigenvalue weighted by Crippen LogP contribution is -2.34. The zero-order chi connectivity index (χ0) is 20.2. The number of carbonyl (C=O) groups is 1. The van der Waals surface area contributed by atoms with Gasteiger partial charge in [-0.3, -0.25) is 4.79 Å². The normalized spacial score (nSPS) is 17.0. The molecule has 0 radical (unpaired) electrons. The topological polar surface area (TPSA) is 84.1 Å². The van der Waals surface area contributed by atoms with E-state index in [1.165, 1.54) is 11.6 Å². The van der Waals surface area contributed by atoms with Crippen molar-refractivity contribution in [2.45, 2.75) is 32.3 Å². The van der Waals surface area contributed by atoms with Crippen molar-refractivity contribution in [3.05, 3.63) is 65.2 Å². The van der Waals surface area contributed by atoms with Crippen molar-refractivity contribution in [1.29, 1.82) is 0 Å². The standard InChI is InChI=1S/C23H24N2O4/c1-2-15-5-8-17(9-6-15)25-23-20(22(27)24-14-19-4-3-11-28-19)12-16-7-10-18(26)13-21(16)29-23/h5-10,12-13,19,26H,2-4,11,14H2,1H3,(H,24,27)/t19-/m0/s1. The first-order valence-corrected chi connectivity index (χ1v) is 9.93. The van der Waals surface area contributed by atoms with Gasteiger partial charge in [0.2, 0.25) is 5.55 Å². The molecule has 1 saturated heterocycles. The molecule has 6 heteroatoms. The fourth-order valence-electron chi connectivity index (χ4n) is 3.38. The van der Waals surface area contributed by atoms with Gasteiger partial charge in [0.05, 0.1) is 11.8 Å². The van der Waals surface area contributed by atoms with Crippen LogP contribution in [0, 0.1) is 0 Å². The monoisotopic (exact) mass is 392 g/mol. The number of fused-ring (bicyclic) bond motifs is 1. The molecule has 150 valence electrons. The molecule has 0 aliphatic carbocycles. The van der Waals surface area contributed by atoms with Gasteiger partial charge in [-0.25, -0.2) is 4.99 Å². The highest BCUT2D eigenvalue weighted by Crippen LogP contribution is 2.20. The number of nitrogens with one attached hydrogen (secondary N) is 1. The van der Waals surface area contributed by atoms with Crippen LogP contribution in [0.2, 0.25) is 0 Å². The minimum atomic E-state index is -0.261. The number of benzene rings is 2. The van der Waals surface area contributed by atoms with Crippen molar-refractivity contribution in [3.63, 3.8) is 0 Å². The van der Waals surface area contributed by atoms with Gasteiger partial charge >= 0.3 is 0 Å². The third kappa shape index (κ3) is 4.49. The van der Waals surface area contributed by atoms with Crippen LogP contribution in [-0.2, 0) is 11.2 Å². The van der Waals surface area contributed by atoms with Gasteiger partial charge in [-0.1, -0.05) is 19.1 Å². The van der Waals surface area contributed by atoms with Gasteiger partial charge in [0, 0.05) is 24.6 Å². The minimum Gasteiger partial charge on any atom is -0.508 e. The molecule has 3 aromatic rings. The number of phenolic OH excluding ortho intramolecular Hbond substituents is 1. The molecule has 29 heavy (non-hydrogen) atoms. The van der Waals surface area contributed by atoms with Gasteiger partial charge in [0.25, 0.3) is 5.91 Å². The highest BCUT2D eigenvalue weighted by molar-refractivity contribution is 5.96. The van der Waals surface area contributed by atoms with Crippen molar-refractivity contribution in [1.82, 2.24) is 5.32 Å². The van der Waals surface area contributed by atoms with E-state index in [1.54, 1.807) is 18.2 Å². The number of ether oxygens (including phenoxy) is 1. The van der Waals surface area contributed by atoms with Crippen molar-refractivity contribution in [2.24, 2.45) is 4.99 Å². The Bertz CT molecular complexity index is 1080. The molecule has 2 heterocycles. The molecule has 1 atom stereocenters. The van der Waals surface area contributed by atoms with E-state index < -0.39 is 0 Å². The summed E-state index contributed by atoms with van der Waals surface area (Å²) in [6.45, 7) is 3.29. The van der Waals surface area contributed by atoms with Crippen molar-refractivity contribution in [2.75, 3.05) is 13.2 Å². The molecule has 1 fully saturated rings. The first-order valence-electron chi connectivity index (χ1n) is 9.93. The van der Waals surface area contributed by atoms with Gasteiger partial charge in [0.1, 0.15) is 16.9 Å². The summed E-state index contributed by atoms with van der Waals surface area (Å²) in [7, 11) is 0. The Balaban J connectivity index is 1.73. The number of rotatable bonds is 5. The summed E-state index contributed by atoms with van der Waals surface area (Å²) in [6, 6.07) is 14.3. The molecule has 0 saturated carbocycles. The van der Waals surface area contributed by atoms with Crippen molar-refractivity contribution >= 4 is 22.6 Å². The molecular formula is C23H24N2O4. The largest absolute Gasteiger partial charge is 0.508 e. The lowest BCUT2D eigenvalue weighted by molar-refractivity contribution is 0.0854. The highest BCUT2D eigenvalue weighted by atomic mass is 16.5. The maximum absolute atomic E-state index is 12.9. The SMILES string of the molecule is CCc1ccc(N=c2oc3cc(O)ccc3cc2C(=O)NC[C@@H]2CCCO2)cc1. The number of hydrogen-bond acceptors (Lipinski definition) is 5. The van der Waals surface area contributed by atoms with Crippen LogP contribution in [0.25, 0.3) is 11.0 Å². The average molecular weight is 392 g/mol. The third-order valence-electron chi connectivity index (χ3n) is 5.07. The summed E-state index contributed by atoms with van der Waals surface area (Å²) in [4.78, 5) is 17.4. The number of aryl methyl sites for hydroxylation is 1. The fraction of sp³-hybridized carbons (Fsp3) is 0.304. The van der Waals surface area contributed by atoms with Crippen LogP contribution in [0.15, 0.2) is 57.9 Å². The van der Waals surface area contributed by atoms with Gasteiger partial charge in [-0.15, -0.1) is 0 Å². The molecule has 0 spiro atoms. The minimum absolute atomic E-state index is 0.0512. The summed E-state index contributed by atoms with van der Waals surface area (Å²) >= 11 is 0. The summed E-state index contributed by atoms with van der Waals surface area (Å²) in [6.07, 6.45) is 2.96. The van der Waals surface area contributed by atoms with E-state index in [0.29, 0.717) is 28.8 Å². The number of phenols is 1. The van der Waals surface area contributed by atoms with Crippen LogP contribution < -0.4 is 10.9 Å². The maximum atomic E-state index is 12.9. The van der Waals surface area contributed by atoms with E-state index in [2.05, 4.69) is 17.2 Å². The first kappa shape index (κ1) is 19.2. The molecule has 2 aromatic carbocycles. The lowest BCUT2D eigenvalue weighted by Gasteiger charge is -2.11. The Morgan fingerprint density at radius 3 is 2.76 bits per heavy atom.